The first-order chi connectivity index (χ1) is 8.20. The van der Waals surface area contributed by atoms with Crippen LogP contribution in [0, 0.1) is 17.8 Å². The molecule has 4 unspecified atom stereocenters. The Hall–Kier alpha value is -0.530. The molecule has 0 aromatic heterocycles. The summed E-state index contributed by atoms with van der Waals surface area (Å²) in [7, 11) is 0. The normalized spacial score (nSPS) is 32.7. The van der Waals surface area contributed by atoms with Crippen molar-refractivity contribution in [2.24, 2.45) is 17.8 Å². The summed E-state index contributed by atoms with van der Waals surface area (Å²) in [5.74, 6) is 2.28. The molecule has 0 spiro atoms. The molecule has 17 heavy (non-hydrogen) atoms. The summed E-state index contributed by atoms with van der Waals surface area (Å²) in [6.07, 6.45) is 10.1. The van der Waals surface area contributed by atoms with E-state index in [2.05, 4.69) is 19.2 Å². The molecule has 2 rings (SSSR count). The van der Waals surface area contributed by atoms with E-state index in [1.807, 2.05) is 0 Å². The molecule has 2 aliphatic rings. The van der Waals surface area contributed by atoms with E-state index in [1.165, 1.54) is 38.5 Å². The monoisotopic (exact) mass is 237 g/mol. The predicted octanol–water partition coefficient (Wildman–Crippen LogP) is 3.51. The van der Waals surface area contributed by atoms with E-state index < -0.39 is 0 Å². The Bertz CT molecular complexity index is 264. The highest BCUT2D eigenvalue weighted by atomic mass is 16.2. The van der Waals surface area contributed by atoms with E-state index in [1.54, 1.807) is 0 Å². The van der Waals surface area contributed by atoms with Crippen molar-refractivity contribution in [2.75, 3.05) is 0 Å². The number of carbonyl (C=O) groups is 1. The first-order valence-corrected chi connectivity index (χ1v) is 7.51. The molecule has 4 atom stereocenters. The van der Waals surface area contributed by atoms with Crippen molar-refractivity contribution in [3.05, 3.63) is 0 Å². The molecule has 0 heterocycles. The highest BCUT2D eigenvalue weighted by molar-refractivity contribution is 5.79. The van der Waals surface area contributed by atoms with E-state index in [9.17, 15) is 4.79 Å². The fourth-order valence-electron chi connectivity index (χ4n) is 3.69. The van der Waals surface area contributed by atoms with Gasteiger partial charge in [0.1, 0.15) is 0 Å². The minimum Gasteiger partial charge on any atom is -0.353 e. The minimum atomic E-state index is 0.348. The SMILES string of the molecule is CCCCCC(C)NC(=O)C1CC2CCC1C2. The van der Waals surface area contributed by atoms with Gasteiger partial charge in [-0.2, -0.15) is 0 Å². The third kappa shape index (κ3) is 3.23. The number of amides is 1. The molecule has 0 radical (unpaired) electrons. The van der Waals surface area contributed by atoms with Crippen LogP contribution in [-0.2, 0) is 4.79 Å². The molecule has 0 saturated heterocycles. The summed E-state index contributed by atoms with van der Waals surface area (Å²) in [6.45, 7) is 4.37. The topological polar surface area (TPSA) is 29.1 Å². The van der Waals surface area contributed by atoms with Crippen LogP contribution in [0.1, 0.15) is 65.2 Å². The van der Waals surface area contributed by atoms with Crippen molar-refractivity contribution >= 4 is 5.91 Å². The van der Waals surface area contributed by atoms with Crippen molar-refractivity contribution in [3.8, 4) is 0 Å². The molecule has 2 aliphatic carbocycles. The lowest BCUT2D eigenvalue weighted by molar-refractivity contribution is -0.127. The van der Waals surface area contributed by atoms with Crippen LogP contribution in [-0.4, -0.2) is 11.9 Å². The quantitative estimate of drug-likeness (QED) is 0.704. The molecule has 1 amide bonds. The first kappa shape index (κ1) is 12.9. The van der Waals surface area contributed by atoms with E-state index >= 15 is 0 Å². The second-order valence-corrected chi connectivity index (χ2v) is 6.19. The summed E-state index contributed by atoms with van der Waals surface area (Å²) in [4.78, 5) is 12.2. The predicted molar refractivity (Wildman–Crippen MR) is 70.7 cm³/mol. The maximum absolute atomic E-state index is 12.2. The number of carbonyl (C=O) groups excluding carboxylic acids is 1. The van der Waals surface area contributed by atoms with E-state index in [-0.39, 0.29) is 0 Å². The molecule has 2 saturated carbocycles. The molecular formula is C15H27NO. The first-order valence-electron chi connectivity index (χ1n) is 7.51. The zero-order valence-electron chi connectivity index (χ0n) is 11.4. The van der Waals surface area contributed by atoms with Gasteiger partial charge in [-0.15, -0.1) is 0 Å². The zero-order chi connectivity index (χ0) is 12.3. The van der Waals surface area contributed by atoms with Gasteiger partial charge in [-0.25, -0.2) is 0 Å². The Morgan fingerprint density at radius 3 is 2.71 bits per heavy atom. The van der Waals surface area contributed by atoms with Gasteiger partial charge < -0.3 is 5.32 Å². The van der Waals surface area contributed by atoms with Crippen molar-refractivity contribution in [2.45, 2.75) is 71.3 Å². The van der Waals surface area contributed by atoms with E-state index in [4.69, 9.17) is 0 Å². The van der Waals surface area contributed by atoms with Crippen molar-refractivity contribution in [1.29, 1.82) is 0 Å². The second kappa shape index (κ2) is 5.88. The largest absolute Gasteiger partial charge is 0.353 e. The van der Waals surface area contributed by atoms with Gasteiger partial charge >= 0.3 is 0 Å². The number of hydrogen-bond donors (Lipinski definition) is 1. The molecule has 98 valence electrons. The van der Waals surface area contributed by atoms with Gasteiger partial charge in [0, 0.05) is 12.0 Å². The maximum Gasteiger partial charge on any atom is 0.223 e. The Balaban J connectivity index is 1.70. The van der Waals surface area contributed by atoms with Crippen LogP contribution >= 0.6 is 0 Å². The standard InChI is InChI=1S/C15H27NO/c1-3-4-5-6-11(2)16-15(17)14-10-12-7-8-13(14)9-12/h11-14H,3-10H2,1-2H3,(H,16,17). The smallest absolute Gasteiger partial charge is 0.223 e. The molecule has 2 fully saturated rings. The highest BCUT2D eigenvalue weighted by Crippen LogP contribution is 2.48. The van der Waals surface area contributed by atoms with Gasteiger partial charge in [0.25, 0.3) is 0 Å². The van der Waals surface area contributed by atoms with Gasteiger partial charge in [-0.1, -0.05) is 32.6 Å². The molecule has 2 heteroatoms. The third-order valence-electron chi connectivity index (χ3n) is 4.70. The number of fused-ring (bicyclic) bond motifs is 2. The van der Waals surface area contributed by atoms with Crippen molar-refractivity contribution in [3.63, 3.8) is 0 Å². The molecular weight excluding hydrogens is 210 g/mol. The summed E-state index contributed by atoms with van der Waals surface area (Å²) < 4.78 is 0. The van der Waals surface area contributed by atoms with E-state index in [0.29, 0.717) is 23.8 Å². The van der Waals surface area contributed by atoms with Crippen molar-refractivity contribution in [1.82, 2.24) is 5.32 Å². The lowest BCUT2D eigenvalue weighted by atomic mass is 9.88. The molecule has 2 bridgehead atoms. The minimum absolute atomic E-state index is 0.348. The lowest BCUT2D eigenvalue weighted by Crippen LogP contribution is -2.39. The van der Waals surface area contributed by atoms with Crippen LogP contribution in [0.2, 0.25) is 0 Å². The van der Waals surface area contributed by atoms with Gasteiger partial charge in [-0.05, 0) is 44.4 Å². The van der Waals surface area contributed by atoms with Crippen LogP contribution in [0.15, 0.2) is 0 Å². The van der Waals surface area contributed by atoms with E-state index in [0.717, 1.165) is 18.8 Å². The van der Waals surface area contributed by atoms with Gasteiger partial charge in [0.05, 0.1) is 0 Å². The summed E-state index contributed by atoms with van der Waals surface area (Å²) >= 11 is 0. The van der Waals surface area contributed by atoms with Crippen LogP contribution in [0.4, 0.5) is 0 Å². The number of hydrogen-bond acceptors (Lipinski definition) is 1. The Labute approximate surface area is 106 Å². The zero-order valence-corrected chi connectivity index (χ0v) is 11.4. The fraction of sp³-hybridized carbons (Fsp3) is 0.933. The summed E-state index contributed by atoms with van der Waals surface area (Å²) in [5, 5.41) is 3.23. The van der Waals surface area contributed by atoms with Crippen LogP contribution < -0.4 is 5.32 Å². The summed E-state index contributed by atoms with van der Waals surface area (Å²) in [5.41, 5.74) is 0. The average molecular weight is 237 g/mol. The number of unbranched alkanes of at least 4 members (excludes halogenated alkanes) is 2. The fourth-order valence-corrected chi connectivity index (χ4v) is 3.69. The van der Waals surface area contributed by atoms with Crippen molar-refractivity contribution < 1.29 is 4.79 Å². The van der Waals surface area contributed by atoms with Crippen LogP contribution in [0.3, 0.4) is 0 Å². The van der Waals surface area contributed by atoms with Crippen LogP contribution in [0.5, 0.6) is 0 Å². The van der Waals surface area contributed by atoms with Gasteiger partial charge in [0.2, 0.25) is 5.91 Å². The van der Waals surface area contributed by atoms with Gasteiger partial charge in [-0.3, -0.25) is 4.79 Å². The van der Waals surface area contributed by atoms with Gasteiger partial charge in [0.15, 0.2) is 0 Å². The molecule has 0 aromatic carbocycles. The maximum atomic E-state index is 12.2. The Morgan fingerprint density at radius 2 is 2.12 bits per heavy atom. The Morgan fingerprint density at radius 1 is 1.29 bits per heavy atom. The summed E-state index contributed by atoms with van der Waals surface area (Å²) in [6, 6.07) is 0.369. The average Bonchev–Trinajstić information content (AvgIpc) is 2.91. The molecule has 0 aromatic rings. The number of nitrogens with one attached hydrogen (secondary N) is 1. The lowest BCUT2D eigenvalue weighted by Gasteiger charge is -2.23. The molecule has 2 nitrogen and oxygen atoms in total. The van der Waals surface area contributed by atoms with Crippen LogP contribution in [0.25, 0.3) is 0 Å². The molecule has 0 aliphatic heterocycles. The second-order valence-electron chi connectivity index (χ2n) is 6.19. The number of rotatable bonds is 6. The molecule has 1 N–H and O–H groups in total. The Kier molecular flexibility index (Phi) is 4.47. The third-order valence-corrected chi connectivity index (χ3v) is 4.70. The highest BCUT2D eigenvalue weighted by Gasteiger charge is 2.43.